The molecule has 3 N–H and O–H groups in total. The topological polar surface area (TPSA) is 103 Å². The molecule has 2 aromatic carbocycles. The van der Waals surface area contributed by atoms with E-state index in [1.807, 2.05) is 4.90 Å². The Kier molecular flexibility index (Phi) is 6.50. The van der Waals surface area contributed by atoms with Gasteiger partial charge in [-0.25, -0.2) is 4.39 Å². The van der Waals surface area contributed by atoms with E-state index in [0.29, 0.717) is 37.7 Å². The second-order valence-electron chi connectivity index (χ2n) is 6.34. The average Bonchev–Trinajstić information content (AvgIpc) is 2.72. The zero-order valence-electron chi connectivity index (χ0n) is 15.9. The third kappa shape index (κ3) is 5.14. The lowest BCUT2D eigenvalue weighted by Gasteiger charge is -2.29. The van der Waals surface area contributed by atoms with E-state index in [9.17, 15) is 14.0 Å². The van der Waals surface area contributed by atoms with Gasteiger partial charge in [-0.1, -0.05) is 0 Å². The smallest absolute Gasteiger partial charge is 0.255 e. The number of benzene rings is 2. The second kappa shape index (κ2) is 9.24. The van der Waals surface area contributed by atoms with Gasteiger partial charge in [-0.2, -0.15) is 0 Å². The van der Waals surface area contributed by atoms with Crippen molar-refractivity contribution in [2.24, 2.45) is 5.73 Å². The minimum Gasteiger partial charge on any atom is -0.493 e. The highest BCUT2D eigenvalue weighted by Crippen LogP contribution is 2.29. The first-order valence-electron chi connectivity index (χ1n) is 9.00. The van der Waals surface area contributed by atoms with Gasteiger partial charge in [0.2, 0.25) is 0 Å². The molecule has 154 valence electrons. The minimum absolute atomic E-state index is 0.271. The summed E-state index contributed by atoms with van der Waals surface area (Å²) in [5, 5.41) is 2.66. The number of primary amides is 1. The molecule has 1 saturated heterocycles. The van der Waals surface area contributed by atoms with Gasteiger partial charge < -0.3 is 30.2 Å². The molecule has 9 heteroatoms. The molecule has 0 aromatic heterocycles. The van der Waals surface area contributed by atoms with Gasteiger partial charge in [0.05, 0.1) is 26.0 Å². The summed E-state index contributed by atoms with van der Waals surface area (Å²) in [7, 11) is 1.41. The highest BCUT2D eigenvalue weighted by molar-refractivity contribution is 6.04. The summed E-state index contributed by atoms with van der Waals surface area (Å²) in [4.78, 5) is 25.3. The molecule has 0 radical (unpaired) electrons. The quantitative estimate of drug-likeness (QED) is 0.731. The molecule has 0 bridgehead atoms. The van der Waals surface area contributed by atoms with Crippen molar-refractivity contribution in [3.05, 3.63) is 47.8 Å². The largest absolute Gasteiger partial charge is 0.493 e. The number of nitrogens with zero attached hydrogens (tertiary/aromatic N) is 1. The fraction of sp³-hybridized carbons (Fsp3) is 0.300. The van der Waals surface area contributed by atoms with Crippen LogP contribution in [0.1, 0.15) is 10.4 Å². The number of morpholine rings is 1. The van der Waals surface area contributed by atoms with Crippen molar-refractivity contribution in [2.75, 3.05) is 50.2 Å². The molecule has 29 heavy (non-hydrogen) atoms. The summed E-state index contributed by atoms with van der Waals surface area (Å²) in [5.41, 5.74) is 6.15. The van der Waals surface area contributed by atoms with Gasteiger partial charge in [-0.15, -0.1) is 0 Å². The Morgan fingerprint density at radius 3 is 2.59 bits per heavy atom. The first-order chi connectivity index (χ1) is 14.0. The van der Waals surface area contributed by atoms with Gasteiger partial charge in [0, 0.05) is 24.3 Å². The Hall–Kier alpha value is -3.33. The number of carbonyl (C=O) groups is 2. The van der Waals surface area contributed by atoms with Crippen LogP contribution < -0.4 is 25.4 Å². The lowest BCUT2D eigenvalue weighted by Crippen LogP contribution is -2.36. The van der Waals surface area contributed by atoms with E-state index >= 15 is 0 Å². The van der Waals surface area contributed by atoms with Gasteiger partial charge in [-0.3, -0.25) is 9.59 Å². The van der Waals surface area contributed by atoms with Crippen molar-refractivity contribution in [1.29, 1.82) is 0 Å². The predicted molar refractivity (Wildman–Crippen MR) is 105 cm³/mol. The summed E-state index contributed by atoms with van der Waals surface area (Å²) < 4.78 is 30.2. The van der Waals surface area contributed by atoms with E-state index in [0.717, 1.165) is 0 Å². The molecule has 0 saturated carbocycles. The maximum absolute atomic E-state index is 14.5. The summed E-state index contributed by atoms with van der Waals surface area (Å²) in [5.74, 6) is -0.936. The van der Waals surface area contributed by atoms with Crippen LogP contribution in [0.5, 0.6) is 11.5 Å². The molecule has 1 aliphatic heterocycles. The lowest BCUT2D eigenvalue weighted by molar-refractivity contribution is -0.119. The summed E-state index contributed by atoms with van der Waals surface area (Å²) >= 11 is 0. The van der Waals surface area contributed by atoms with Crippen LogP contribution in [0.4, 0.5) is 15.8 Å². The van der Waals surface area contributed by atoms with Gasteiger partial charge in [0.25, 0.3) is 11.8 Å². The maximum atomic E-state index is 14.5. The van der Waals surface area contributed by atoms with Crippen LogP contribution >= 0.6 is 0 Å². The van der Waals surface area contributed by atoms with Crippen LogP contribution in [0.15, 0.2) is 36.4 Å². The maximum Gasteiger partial charge on any atom is 0.255 e. The number of hydrogen-bond donors (Lipinski definition) is 2. The van der Waals surface area contributed by atoms with Crippen LogP contribution in [0, 0.1) is 5.82 Å². The summed E-state index contributed by atoms with van der Waals surface area (Å²) in [6.45, 7) is 2.04. The van der Waals surface area contributed by atoms with Crippen molar-refractivity contribution in [2.45, 2.75) is 0 Å². The molecule has 0 atom stereocenters. The minimum atomic E-state index is -0.628. The highest BCUT2D eigenvalue weighted by atomic mass is 19.1. The fourth-order valence-electron chi connectivity index (χ4n) is 2.93. The number of nitrogens with two attached hydrogens (primary N) is 1. The number of halogens is 1. The Morgan fingerprint density at radius 1 is 1.17 bits per heavy atom. The third-order valence-electron chi connectivity index (χ3n) is 4.35. The molecular weight excluding hydrogens is 381 g/mol. The Morgan fingerprint density at radius 2 is 1.93 bits per heavy atom. The van der Waals surface area contributed by atoms with Gasteiger partial charge in [-0.05, 0) is 36.4 Å². The van der Waals surface area contributed by atoms with E-state index < -0.39 is 17.6 Å². The van der Waals surface area contributed by atoms with Crippen molar-refractivity contribution in [3.63, 3.8) is 0 Å². The van der Waals surface area contributed by atoms with Crippen LogP contribution in [0.3, 0.4) is 0 Å². The SMILES string of the molecule is COc1cc(C(=O)Nc2ccc(N3CCOCC3)c(F)c2)ccc1OCC(N)=O. The first-order valence-corrected chi connectivity index (χ1v) is 9.00. The lowest BCUT2D eigenvalue weighted by atomic mass is 10.1. The van der Waals surface area contributed by atoms with Crippen LogP contribution in [0.25, 0.3) is 0 Å². The Bertz CT molecular complexity index is 900. The van der Waals surface area contributed by atoms with Gasteiger partial charge in [0.15, 0.2) is 18.1 Å². The molecule has 0 spiro atoms. The average molecular weight is 403 g/mol. The number of anilines is 2. The number of methoxy groups -OCH3 is 1. The van der Waals surface area contributed by atoms with E-state index in [-0.39, 0.29) is 23.7 Å². The highest BCUT2D eigenvalue weighted by Gasteiger charge is 2.17. The molecule has 8 nitrogen and oxygen atoms in total. The zero-order chi connectivity index (χ0) is 20.8. The number of ether oxygens (including phenoxy) is 3. The monoisotopic (exact) mass is 403 g/mol. The van der Waals surface area contributed by atoms with Gasteiger partial charge >= 0.3 is 0 Å². The number of nitrogens with one attached hydrogen (secondary N) is 1. The van der Waals surface area contributed by atoms with Crippen LogP contribution in [-0.4, -0.2) is 51.8 Å². The molecule has 1 aliphatic rings. The number of carbonyl (C=O) groups excluding carboxylic acids is 2. The Labute approximate surface area is 167 Å². The molecular formula is C20H22FN3O5. The fourth-order valence-corrected chi connectivity index (χ4v) is 2.93. The van der Waals surface area contributed by atoms with Crippen molar-refractivity contribution in [3.8, 4) is 11.5 Å². The van der Waals surface area contributed by atoms with Crippen LogP contribution in [-0.2, 0) is 9.53 Å². The molecule has 0 aliphatic carbocycles. The van der Waals surface area contributed by atoms with Gasteiger partial charge in [0.1, 0.15) is 5.82 Å². The van der Waals surface area contributed by atoms with Crippen LogP contribution in [0.2, 0.25) is 0 Å². The standard InChI is InChI=1S/C20H22FN3O5/c1-27-18-10-13(2-5-17(18)29-12-19(22)25)20(26)23-14-3-4-16(15(21)11-14)24-6-8-28-9-7-24/h2-5,10-11H,6-9,12H2,1H3,(H2,22,25)(H,23,26). The molecule has 1 heterocycles. The second-order valence-corrected chi connectivity index (χ2v) is 6.34. The molecule has 2 aromatic rings. The normalized spacial score (nSPS) is 13.7. The summed E-state index contributed by atoms with van der Waals surface area (Å²) in [6, 6.07) is 9.03. The number of rotatable bonds is 7. The molecule has 1 fully saturated rings. The first kappa shape index (κ1) is 20.4. The number of hydrogen-bond acceptors (Lipinski definition) is 6. The van der Waals surface area contributed by atoms with Crippen molar-refractivity contribution < 1.29 is 28.2 Å². The number of amides is 2. The van der Waals surface area contributed by atoms with Crippen molar-refractivity contribution in [1.82, 2.24) is 0 Å². The van der Waals surface area contributed by atoms with E-state index in [1.165, 1.54) is 31.4 Å². The Balaban J connectivity index is 1.71. The third-order valence-corrected chi connectivity index (χ3v) is 4.35. The van der Waals surface area contributed by atoms with E-state index in [2.05, 4.69) is 5.32 Å². The summed E-state index contributed by atoms with van der Waals surface area (Å²) in [6.07, 6.45) is 0. The van der Waals surface area contributed by atoms with E-state index in [4.69, 9.17) is 19.9 Å². The predicted octanol–water partition coefficient (Wildman–Crippen LogP) is 1.79. The van der Waals surface area contributed by atoms with E-state index in [1.54, 1.807) is 12.1 Å². The molecule has 3 rings (SSSR count). The molecule has 2 amide bonds. The van der Waals surface area contributed by atoms with Crippen molar-refractivity contribution >= 4 is 23.2 Å². The molecule has 0 unspecified atom stereocenters. The zero-order valence-corrected chi connectivity index (χ0v) is 15.9.